The van der Waals surface area contributed by atoms with Crippen LogP contribution in [0.3, 0.4) is 0 Å². The highest BCUT2D eigenvalue weighted by atomic mass is 16.5. The lowest BCUT2D eigenvalue weighted by Gasteiger charge is -2.28. The predicted octanol–water partition coefficient (Wildman–Crippen LogP) is 5.10. The first kappa shape index (κ1) is 24.1. The summed E-state index contributed by atoms with van der Waals surface area (Å²) in [5.74, 6) is 0.430. The number of aryl methyl sites for hydroxylation is 1. The number of ether oxygens (including phenoxy) is 3. The second-order valence-corrected chi connectivity index (χ2v) is 7.87. The van der Waals surface area contributed by atoms with E-state index in [0.29, 0.717) is 18.9 Å². The zero-order valence-corrected chi connectivity index (χ0v) is 19.6. The first-order chi connectivity index (χ1) is 15.9. The average molecular weight is 450 g/mol. The van der Waals surface area contributed by atoms with Crippen molar-refractivity contribution in [3.63, 3.8) is 0 Å². The molecular weight excluding hydrogens is 418 g/mol. The van der Waals surface area contributed by atoms with E-state index in [0.717, 1.165) is 34.7 Å². The number of hydrogen-bond donors (Lipinski definition) is 1. The largest absolute Gasteiger partial charge is 0.497 e. The van der Waals surface area contributed by atoms with E-state index < -0.39 is 5.97 Å². The molecule has 6 heteroatoms. The molecule has 33 heavy (non-hydrogen) atoms. The van der Waals surface area contributed by atoms with Gasteiger partial charge in [0.2, 0.25) is 0 Å². The highest BCUT2D eigenvalue weighted by molar-refractivity contribution is 5.74. The predicted molar refractivity (Wildman–Crippen MR) is 130 cm³/mol. The topological polar surface area (TPSA) is 68.2 Å². The van der Waals surface area contributed by atoms with Crippen molar-refractivity contribution in [1.82, 2.24) is 0 Å². The summed E-state index contributed by atoms with van der Waals surface area (Å²) in [6.45, 7) is 5.75. The molecule has 0 saturated heterocycles. The minimum atomic E-state index is -0.989. The third-order valence-electron chi connectivity index (χ3n) is 5.58. The van der Waals surface area contributed by atoms with Crippen LogP contribution in [0.5, 0.6) is 11.5 Å². The van der Waals surface area contributed by atoms with Gasteiger partial charge in [0, 0.05) is 25.9 Å². The maximum Gasteiger partial charge on any atom is 0.341 e. The molecule has 3 aromatic rings. The van der Waals surface area contributed by atoms with Crippen molar-refractivity contribution >= 4 is 11.7 Å². The summed E-state index contributed by atoms with van der Waals surface area (Å²) in [7, 11) is 3.37. The van der Waals surface area contributed by atoms with Gasteiger partial charge in [0.25, 0.3) is 0 Å². The van der Waals surface area contributed by atoms with Crippen LogP contribution < -0.4 is 14.4 Å². The SMILES string of the molecule is COCCN(Cc1ccc(OCC(=O)O)c(C)c1)c1cccc(-c2ccc(OC)cc2)c1C. The molecule has 0 saturated carbocycles. The molecule has 0 bridgehead atoms. The summed E-state index contributed by atoms with van der Waals surface area (Å²) >= 11 is 0. The van der Waals surface area contributed by atoms with Crippen molar-refractivity contribution < 1.29 is 24.1 Å². The molecule has 0 aromatic heterocycles. The first-order valence-corrected chi connectivity index (χ1v) is 10.8. The minimum Gasteiger partial charge on any atom is -0.497 e. The van der Waals surface area contributed by atoms with Crippen LogP contribution in [0.2, 0.25) is 0 Å². The van der Waals surface area contributed by atoms with E-state index in [2.05, 4.69) is 42.2 Å². The standard InChI is InChI=1S/C27H31NO5/c1-19-16-21(8-13-26(19)33-18-27(29)30)17-28(14-15-31-3)25-7-5-6-24(20(25)2)22-9-11-23(32-4)12-10-22/h5-13,16H,14-15,17-18H2,1-4H3,(H,29,30). The monoisotopic (exact) mass is 449 g/mol. The fraction of sp³-hybridized carbons (Fsp3) is 0.296. The van der Waals surface area contributed by atoms with Gasteiger partial charge in [-0.15, -0.1) is 0 Å². The van der Waals surface area contributed by atoms with Gasteiger partial charge in [0.05, 0.1) is 13.7 Å². The van der Waals surface area contributed by atoms with Crippen LogP contribution in [-0.4, -0.2) is 45.1 Å². The minimum absolute atomic E-state index is 0.350. The van der Waals surface area contributed by atoms with Crippen LogP contribution in [-0.2, 0) is 16.1 Å². The van der Waals surface area contributed by atoms with Gasteiger partial charge >= 0.3 is 5.97 Å². The fourth-order valence-electron chi connectivity index (χ4n) is 3.87. The number of aliphatic carboxylic acids is 1. The molecule has 0 heterocycles. The van der Waals surface area contributed by atoms with Gasteiger partial charge in [-0.05, 0) is 65.9 Å². The summed E-state index contributed by atoms with van der Waals surface area (Å²) in [5.41, 5.74) is 6.66. The quantitative estimate of drug-likeness (QED) is 0.440. The van der Waals surface area contributed by atoms with Crippen molar-refractivity contribution in [3.8, 4) is 22.6 Å². The van der Waals surface area contributed by atoms with Crippen molar-refractivity contribution in [2.24, 2.45) is 0 Å². The first-order valence-electron chi connectivity index (χ1n) is 10.8. The molecule has 0 aliphatic carbocycles. The van der Waals surface area contributed by atoms with Gasteiger partial charge in [-0.2, -0.15) is 0 Å². The summed E-state index contributed by atoms with van der Waals surface area (Å²) in [6, 6.07) is 20.3. The molecule has 0 aliphatic rings. The highest BCUT2D eigenvalue weighted by Gasteiger charge is 2.14. The van der Waals surface area contributed by atoms with Crippen LogP contribution in [0, 0.1) is 13.8 Å². The molecule has 0 fully saturated rings. The van der Waals surface area contributed by atoms with Crippen molar-refractivity contribution in [3.05, 3.63) is 77.4 Å². The second kappa shape index (κ2) is 11.4. The van der Waals surface area contributed by atoms with Gasteiger partial charge in [-0.1, -0.05) is 36.4 Å². The number of hydrogen-bond acceptors (Lipinski definition) is 5. The number of carboxylic acids is 1. The Hall–Kier alpha value is -3.51. The summed E-state index contributed by atoms with van der Waals surface area (Å²) < 4.78 is 16.0. The molecular formula is C27H31NO5. The number of rotatable bonds is 11. The van der Waals surface area contributed by atoms with Crippen molar-refractivity contribution in [2.75, 3.05) is 38.9 Å². The average Bonchev–Trinajstić information content (AvgIpc) is 2.81. The maximum absolute atomic E-state index is 10.8. The van der Waals surface area contributed by atoms with E-state index >= 15 is 0 Å². The number of nitrogens with zero attached hydrogens (tertiary/aromatic N) is 1. The fourth-order valence-corrected chi connectivity index (χ4v) is 3.87. The Kier molecular flexibility index (Phi) is 8.33. The Morgan fingerprint density at radius 3 is 2.39 bits per heavy atom. The van der Waals surface area contributed by atoms with E-state index in [4.69, 9.17) is 19.3 Å². The Labute approximate surface area is 195 Å². The summed E-state index contributed by atoms with van der Waals surface area (Å²) in [4.78, 5) is 13.1. The molecule has 0 aliphatic heterocycles. The number of benzene rings is 3. The van der Waals surface area contributed by atoms with E-state index in [9.17, 15) is 4.79 Å². The Balaban J connectivity index is 1.88. The molecule has 174 valence electrons. The third-order valence-corrected chi connectivity index (χ3v) is 5.58. The lowest BCUT2D eigenvalue weighted by Crippen LogP contribution is -2.27. The lowest BCUT2D eigenvalue weighted by atomic mass is 9.98. The third kappa shape index (κ3) is 6.26. The van der Waals surface area contributed by atoms with E-state index in [-0.39, 0.29) is 6.61 Å². The smallest absolute Gasteiger partial charge is 0.341 e. The summed E-state index contributed by atoms with van der Waals surface area (Å²) in [6.07, 6.45) is 0. The van der Waals surface area contributed by atoms with Crippen LogP contribution in [0.15, 0.2) is 60.7 Å². The van der Waals surface area contributed by atoms with Crippen LogP contribution in [0.4, 0.5) is 5.69 Å². The highest BCUT2D eigenvalue weighted by Crippen LogP contribution is 2.32. The Morgan fingerprint density at radius 2 is 1.76 bits per heavy atom. The summed E-state index contributed by atoms with van der Waals surface area (Å²) in [5, 5.41) is 8.85. The van der Waals surface area contributed by atoms with Crippen LogP contribution >= 0.6 is 0 Å². The zero-order chi connectivity index (χ0) is 23.8. The van der Waals surface area contributed by atoms with Crippen LogP contribution in [0.1, 0.15) is 16.7 Å². The molecule has 6 nitrogen and oxygen atoms in total. The van der Waals surface area contributed by atoms with E-state index in [1.807, 2.05) is 37.3 Å². The number of carboxylic acid groups (broad SMARTS) is 1. The van der Waals surface area contributed by atoms with Gasteiger partial charge in [-0.25, -0.2) is 4.79 Å². The Bertz CT molecular complexity index is 1080. The second-order valence-electron chi connectivity index (χ2n) is 7.87. The van der Waals surface area contributed by atoms with Crippen LogP contribution in [0.25, 0.3) is 11.1 Å². The molecule has 0 spiro atoms. The van der Waals surface area contributed by atoms with Crippen molar-refractivity contribution in [2.45, 2.75) is 20.4 Å². The molecule has 3 rings (SSSR count). The number of carbonyl (C=O) groups is 1. The molecule has 0 atom stereocenters. The van der Waals surface area contributed by atoms with E-state index in [1.54, 1.807) is 14.2 Å². The Morgan fingerprint density at radius 1 is 1.00 bits per heavy atom. The van der Waals surface area contributed by atoms with Crippen molar-refractivity contribution in [1.29, 1.82) is 0 Å². The maximum atomic E-state index is 10.8. The molecule has 0 amide bonds. The molecule has 0 radical (unpaired) electrons. The van der Waals surface area contributed by atoms with E-state index in [1.165, 1.54) is 11.1 Å². The van der Waals surface area contributed by atoms with Gasteiger partial charge in [0.15, 0.2) is 6.61 Å². The lowest BCUT2D eigenvalue weighted by molar-refractivity contribution is -0.139. The zero-order valence-electron chi connectivity index (χ0n) is 19.6. The van der Waals surface area contributed by atoms with Gasteiger partial charge in [0.1, 0.15) is 11.5 Å². The molecule has 3 aromatic carbocycles. The number of methoxy groups -OCH3 is 2. The van der Waals surface area contributed by atoms with Gasteiger partial charge in [-0.3, -0.25) is 0 Å². The normalized spacial score (nSPS) is 10.7. The number of anilines is 1. The molecule has 0 unspecified atom stereocenters. The molecule has 1 N–H and O–H groups in total. The van der Waals surface area contributed by atoms with Gasteiger partial charge < -0.3 is 24.2 Å².